The van der Waals surface area contributed by atoms with Crippen molar-refractivity contribution >= 4 is 17.3 Å². The molecule has 0 unspecified atom stereocenters. The lowest BCUT2D eigenvalue weighted by Crippen LogP contribution is -2.02. The number of carboxylic acids is 1. The van der Waals surface area contributed by atoms with Gasteiger partial charge in [-0.25, -0.2) is 4.39 Å². The molecule has 4 nitrogen and oxygen atoms in total. The van der Waals surface area contributed by atoms with Crippen LogP contribution in [0.5, 0.6) is 0 Å². The second kappa shape index (κ2) is 5.85. The standard InChI is InChI=1S/C15H11FN2O2/c16-12-7-10(8-15(19)20)5-6-14(12)18-13-4-2-1-3-11(13)9-17/h1-7,18H,8H2,(H,19,20). The fourth-order valence-corrected chi connectivity index (χ4v) is 1.78. The maximum atomic E-state index is 13.9. The molecule has 2 aromatic carbocycles. The number of hydrogen-bond acceptors (Lipinski definition) is 3. The van der Waals surface area contributed by atoms with E-state index >= 15 is 0 Å². The average molecular weight is 270 g/mol. The molecular weight excluding hydrogens is 259 g/mol. The van der Waals surface area contributed by atoms with Crippen LogP contribution in [0, 0.1) is 17.1 Å². The molecule has 5 heteroatoms. The molecule has 0 radical (unpaired) electrons. The van der Waals surface area contributed by atoms with Crippen molar-refractivity contribution in [2.45, 2.75) is 6.42 Å². The summed E-state index contributed by atoms with van der Waals surface area (Å²) in [5.41, 5.74) is 1.48. The summed E-state index contributed by atoms with van der Waals surface area (Å²) in [7, 11) is 0. The number of halogens is 1. The van der Waals surface area contributed by atoms with Crippen molar-refractivity contribution in [2.75, 3.05) is 5.32 Å². The lowest BCUT2D eigenvalue weighted by atomic mass is 10.1. The fraction of sp³-hybridized carbons (Fsp3) is 0.0667. The van der Waals surface area contributed by atoms with Crippen molar-refractivity contribution in [3.05, 3.63) is 59.4 Å². The smallest absolute Gasteiger partial charge is 0.307 e. The Labute approximate surface area is 115 Å². The van der Waals surface area contributed by atoms with E-state index in [4.69, 9.17) is 10.4 Å². The van der Waals surface area contributed by atoms with Crippen LogP contribution in [0.4, 0.5) is 15.8 Å². The third-order valence-corrected chi connectivity index (χ3v) is 2.71. The predicted molar refractivity (Wildman–Crippen MR) is 72.2 cm³/mol. The maximum Gasteiger partial charge on any atom is 0.307 e. The highest BCUT2D eigenvalue weighted by Gasteiger charge is 2.08. The van der Waals surface area contributed by atoms with E-state index in [0.717, 1.165) is 0 Å². The minimum Gasteiger partial charge on any atom is -0.481 e. The highest BCUT2D eigenvalue weighted by Crippen LogP contribution is 2.23. The number of anilines is 2. The Morgan fingerprint density at radius 2 is 2.00 bits per heavy atom. The molecule has 0 saturated heterocycles. The monoisotopic (exact) mass is 270 g/mol. The first-order valence-corrected chi connectivity index (χ1v) is 5.86. The average Bonchev–Trinajstić information content (AvgIpc) is 2.42. The molecule has 0 spiro atoms. The van der Waals surface area contributed by atoms with Crippen LogP contribution in [0.25, 0.3) is 0 Å². The highest BCUT2D eigenvalue weighted by atomic mass is 19.1. The summed E-state index contributed by atoms with van der Waals surface area (Å²) in [4.78, 5) is 10.6. The highest BCUT2D eigenvalue weighted by molar-refractivity contribution is 5.71. The van der Waals surface area contributed by atoms with E-state index in [2.05, 4.69) is 5.32 Å². The van der Waals surface area contributed by atoms with Gasteiger partial charge in [-0.3, -0.25) is 4.79 Å². The molecule has 2 aromatic rings. The van der Waals surface area contributed by atoms with Crippen molar-refractivity contribution in [1.29, 1.82) is 5.26 Å². The van der Waals surface area contributed by atoms with Crippen LogP contribution in [0.15, 0.2) is 42.5 Å². The summed E-state index contributed by atoms with van der Waals surface area (Å²) in [6, 6.07) is 12.9. The minimum absolute atomic E-state index is 0.196. The molecule has 0 bridgehead atoms. The Bertz CT molecular complexity index is 693. The number of nitriles is 1. The molecule has 2 rings (SSSR count). The van der Waals surface area contributed by atoms with Crippen LogP contribution >= 0.6 is 0 Å². The third kappa shape index (κ3) is 3.12. The number of carboxylic acid groups (broad SMARTS) is 1. The summed E-state index contributed by atoms with van der Waals surface area (Å²) in [6.45, 7) is 0. The number of hydrogen-bond donors (Lipinski definition) is 2. The van der Waals surface area contributed by atoms with Crippen LogP contribution < -0.4 is 5.32 Å². The first kappa shape index (κ1) is 13.6. The molecule has 0 aliphatic rings. The zero-order chi connectivity index (χ0) is 14.5. The summed E-state index contributed by atoms with van der Waals surface area (Å²) in [5, 5.41) is 20.4. The zero-order valence-corrected chi connectivity index (χ0v) is 10.4. The lowest BCUT2D eigenvalue weighted by Gasteiger charge is -2.10. The zero-order valence-electron chi connectivity index (χ0n) is 10.4. The number of nitrogens with one attached hydrogen (secondary N) is 1. The number of nitrogens with zero attached hydrogens (tertiary/aromatic N) is 1. The first-order valence-electron chi connectivity index (χ1n) is 5.86. The molecule has 0 atom stereocenters. The van der Waals surface area contributed by atoms with Gasteiger partial charge in [0, 0.05) is 0 Å². The maximum absolute atomic E-state index is 13.9. The van der Waals surface area contributed by atoms with Gasteiger partial charge in [-0.2, -0.15) is 5.26 Å². The van der Waals surface area contributed by atoms with Crippen molar-refractivity contribution in [3.8, 4) is 6.07 Å². The molecule has 0 aliphatic carbocycles. The number of benzene rings is 2. The van der Waals surface area contributed by atoms with E-state index in [1.54, 1.807) is 24.3 Å². The van der Waals surface area contributed by atoms with Gasteiger partial charge in [-0.1, -0.05) is 18.2 Å². The van der Waals surface area contributed by atoms with Crippen LogP contribution in [0.1, 0.15) is 11.1 Å². The third-order valence-electron chi connectivity index (χ3n) is 2.71. The topological polar surface area (TPSA) is 73.1 Å². The first-order chi connectivity index (χ1) is 9.60. The van der Waals surface area contributed by atoms with E-state index in [1.807, 2.05) is 6.07 Å². The Morgan fingerprint density at radius 3 is 2.65 bits per heavy atom. The molecule has 0 fully saturated rings. The summed E-state index contributed by atoms with van der Waals surface area (Å²) in [6.07, 6.45) is -0.230. The number of para-hydroxylation sites is 1. The molecular formula is C15H11FN2O2. The van der Waals surface area contributed by atoms with Crippen LogP contribution in [0.3, 0.4) is 0 Å². The quantitative estimate of drug-likeness (QED) is 0.895. The molecule has 0 saturated carbocycles. The van der Waals surface area contributed by atoms with Crippen molar-refractivity contribution < 1.29 is 14.3 Å². The van der Waals surface area contributed by atoms with Gasteiger partial charge in [0.25, 0.3) is 0 Å². The molecule has 0 aliphatic heterocycles. The van der Waals surface area contributed by atoms with Gasteiger partial charge in [0.2, 0.25) is 0 Å². The number of rotatable bonds is 4. The Balaban J connectivity index is 2.26. The Morgan fingerprint density at radius 1 is 1.25 bits per heavy atom. The van der Waals surface area contributed by atoms with E-state index in [9.17, 15) is 9.18 Å². The SMILES string of the molecule is N#Cc1ccccc1Nc1ccc(CC(=O)O)cc1F. The van der Waals surface area contributed by atoms with E-state index < -0.39 is 11.8 Å². The number of carbonyl (C=O) groups is 1. The largest absolute Gasteiger partial charge is 0.481 e. The Kier molecular flexibility index (Phi) is 3.96. The summed E-state index contributed by atoms with van der Waals surface area (Å²) in [5.74, 6) is -1.57. The van der Waals surface area contributed by atoms with Crippen molar-refractivity contribution in [2.24, 2.45) is 0 Å². The second-order valence-electron chi connectivity index (χ2n) is 4.17. The van der Waals surface area contributed by atoms with Crippen LogP contribution in [0.2, 0.25) is 0 Å². The van der Waals surface area contributed by atoms with Crippen LogP contribution in [-0.2, 0) is 11.2 Å². The Hall–Kier alpha value is -2.87. The lowest BCUT2D eigenvalue weighted by molar-refractivity contribution is -0.136. The van der Waals surface area contributed by atoms with E-state index in [1.165, 1.54) is 18.2 Å². The molecule has 2 N–H and O–H groups in total. The minimum atomic E-state index is -1.01. The van der Waals surface area contributed by atoms with Gasteiger partial charge in [0.1, 0.15) is 11.9 Å². The fourth-order valence-electron chi connectivity index (χ4n) is 1.78. The van der Waals surface area contributed by atoms with Gasteiger partial charge in [0.05, 0.1) is 23.4 Å². The molecule has 0 amide bonds. The molecule has 20 heavy (non-hydrogen) atoms. The molecule has 100 valence electrons. The van der Waals surface area contributed by atoms with Gasteiger partial charge in [0.15, 0.2) is 0 Å². The van der Waals surface area contributed by atoms with E-state index in [0.29, 0.717) is 16.8 Å². The van der Waals surface area contributed by atoms with Crippen molar-refractivity contribution in [3.63, 3.8) is 0 Å². The summed E-state index contributed by atoms with van der Waals surface area (Å²) < 4.78 is 13.9. The predicted octanol–water partition coefficient (Wildman–Crippen LogP) is 3.07. The van der Waals surface area contributed by atoms with E-state index in [-0.39, 0.29) is 12.1 Å². The van der Waals surface area contributed by atoms with Gasteiger partial charge < -0.3 is 10.4 Å². The van der Waals surface area contributed by atoms with Gasteiger partial charge in [-0.15, -0.1) is 0 Å². The van der Waals surface area contributed by atoms with Gasteiger partial charge >= 0.3 is 5.97 Å². The van der Waals surface area contributed by atoms with Gasteiger partial charge in [-0.05, 0) is 29.8 Å². The van der Waals surface area contributed by atoms with Crippen LogP contribution in [-0.4, -0.2) is 11.1 Å². The molecule has 0 heterocycles. The molecule has 0 aromatic heterocycles. The van der Waals surface area contributed by atoms with Crippen molar-refractivity contribution in [1.82, 2.24) is 0 Å². The number of aliphatic carboxylic acids is 1. The second-order valence-corrected chi connectivity index (χ2v) is 4.17. The summed E-state index contributed by atoms with van der Waals surface area (Å²) >= 11 is 0. The normalized spacial score (nSPS) is 9.80.